The van der Waals surface area contributed by atoms with Gasteiger partial charge in [0.25, 0.3) is 0 Å². The third-order valence-corrected chi connectivity index (χ3v) is 6.90. The molecular formula is C28H27N. The Bertz CT molecular complexity index is 1330. The van der Waals surface area contributed by atoms with E-state index in [-0.39, 0.29) is 0 Å². The highest BCUT2D eigenvalue weighted by molar-refractivity contribution is 6.39. The van der Waals surface area contributed by atoms with Gasteiger partial charge in [0.05, 0.1) is 0 Å². The van der Waals surface area contributed by atoms with Gasteiger partial charge >= 0.3 is 0 Å². The predicted molar refractivity (Wildman–Crippen MR) is 128 cm³/mol. The van der Waals surface area contributed by atoms with Crippen molar-refractivity contribution >= 4 is 54.1 Å². The van der Waals surface area contributed by atoms with Crippen LogP contribution in [0.2, 0.25) is 0 Å². The van der Waals surface area contributed by atoms with Crippen molar-refractivity contribution in [1.29, 1.82) is 0 Å². The van der Waals surface area contributed by atoms with E-state index in [0.29, 0.717) is 0 Å². The first kappa shape index (κ1) is 17.1. The Labute approximate surface area is 171 Å². The number of rotatable bonds is 7. The van der Waals surface area contributed by atoms with Crippen molar-refractivity contribution < 1.29 is 0 Å². The van der Waals surface area contributed by atoms with Crippen molar-refractivity contribution in [3.05, 3.63) is 60.7 Å². The number of unbranched alkanes of at least 4 members (excludes halogenated alkanes) is 5. The van der Waals surface area contributed by atoms with Gasteiger partial charge in [0.1, 0.15) is 0 Å². The molecule has 1 aromatic heterocycles. The van der Waals surface area contributed by atoms with Crippen LogP contribution in [0.15, 0.2) is 60.7 Å². The fourth-order valence-electron chi connectivity index (χ4n) is 5.56. The third kappa shape index (κ3) is 2.40. The lowest BCUT2D eigenvalue weighted by Crippen LogP contribution is -1.97. The maximum absolute atomic E-state index is 2.60. The number of hydrogen-bond donors (Lipinski definition) is 0. The van der Waals surface area contributed by atoms with E-state index in [1.807, 2.05) is 0 Å². The summed E-state index contributed by atoms with van der Waals surface area (Å²) in [6.45, 7) is 3.41. The molecule has 144 valence electrons. The highest BCUT2D eigenvalue weighted by atomic mass is 15.0. The van der Waals surface area contributed by atoms with Gasteiger partial charge in [0, 0.05) is 28.4 Å². The largest absolute Gasteiger partial charge is 0.340 e. The highest BCUT2D eigenvalue weighted by Crippen LogP contribution is 2.46. The number of nitrogens with zero attached hydrogens (tertiary/aromatic N) is 1. The Balaban J connectivity index is 1.60. The second kappa shape index (κ2) is 6.62. The molecule has 0 aliphatic rings. The molecule has 0 N–H and O–H groups in total. The molecule has 0 fully saturated rings. The van der Waals surface area contributed by atoms with Crippen LogP contribution in [0.1, 0.15) is 45.4 Å². The Morgan fingerprint density at radius 3 is 1.69 bits per heavy atom. The molecule has 0 spiro atoms. The molecular weight excluding hydrogens is 350 g/mol. The minimum absolute atomic E-state index is 1.12. The number of fused-ring (bicyclic) bond motifs is 1. The summed E-state index contributed by atoms with van der Waals surface area (Å²) < 4.78 is 2.60. The highest BCUT2D eigenvalue weighted by Gasteiger charge is 2.20. The maximum Gasteiger partial charge on any atom is 0.0498 e. The van der Waals surface area contributed by atoms with E-state index >= 15 is 0 Å². The van der Waals surface area contributed by atoms with E-state index in [4.69, 9.17) is 0 Å². The minimum atomic E-state index is 1.12. The molecule has 0 aliphatic heterocycles. The number of aromatic nitrogens is 1. The zero-order chi connectivity index (χ0) is 19.4. The van der Waals surface area contributed by atoms with Gasteiger partial charge in [-0.2, -0.15) is 0 Å². The zero-order valence-electron chi connectivity index (χ0n) is 17.2. The average Bonchev–Trinajstić information content (AvgIpc) is 3.09. The molecule has 0 aliphatic carbocycles. The summed E-state index contributed by atoms with van der Waals surface area (Å²) in [4.78, 5) is 0. The molecule has 1 heterocycles. The van der Waals surface area contributed by atoms with E-state index in [1.54, 1.807) is 0 Å². The first-order valence-corrected chi connectivity index (χ1v) is 11.3. The average molecular weight is 378 g/mol. The van der Waals surface area contributed by atoms with Crippen molar-refractivity contribution in [3.8, 4) is 0 Å². The summed E-state index contributed by atoms with van der Waals surface area (Å²) in [6, 6.07) is 22.9. The van der Waals surface area contributed by atoms with Crippen molar-refractivity contribution in [2.45, 2.75) is 52.0 Å². The van der Waals surface area contributed by atoms with E-state index < -0.39 is 0 Å². The van der Waals surface area contributed by atoms with Crippen LogP contribution in [-0.2, 0) is 6.54 Å². The first-order chi connectivity index (χ1) is 14.4. The molecule has 0 atom stereocenters. The van der Waals surface area contributed by atoms with Crippen molar-refractivity contribution in [1.82, 2.24) is 4.57 Å². The summed E-state index contributed by atoms with van der Waals surface area (Å²) in [5.41, 5.74) is 2.83. The SMILES string of the molecule is CCCCCCCCn1c2ccc3cccc4c5cccc6ccc1c(c65)c2c34. The monoisotopic (exact) mass is 377 g/mol. The second-order valence-electron chi connectivity index (χ2n) is 8.65. The van der Waals surface area contributed by atoms with Crippen molar-refractivity contribution in [2.24, 2.45) is 0 Å². The van der Waals surface area contributed by atoms with Crippen molar-refractivity contribution in [2.75, 3.05) is 0 Å². The van der Waals surface area contributed by atoms with Gasteiger partial charge < -0.3 is 4.57 Å². The molecule has 0 bridgehead atoms. The van der Waals surface area contributed by atoms with Gasteiger partial charge in [-0.15, -0.1) is 0 Å². The molecule has 5 aromatic carbocycles. The molecule has 0 radical (unpaired) electrons. The Morgan fingerprint density at radius 1 is 0.552 bits per heavy atom. The van der Waals surface area contributed by atoms with Gasteiger partial charge in [0.2, 0.25) is 0 Å². The zero-order valence-corrected chi connectivity index (χ0v) is 17.2. The number of aryl methyl sites for hydroxylation is 1. The summed E-state index contributed by atoms with van der Waals surface area (Å²) in [5, 5.41) is 11.4. The molecule has 0 amide bonds. The quantitative estimate of drug-likeness (QED) is 0.149. The molecule has 0 unspecified atom stereocenters. The molecule has 29 heavy (non-hydrogen) atoms. The maximum atomic E-state index is 2.60. The van der Waals surface area contributed by atoms with Crippen LogP contribution in [0.25, 0.3) is 54.1 Å². The van der Waals surface area contributed by atoms with Crippen LogP contribution in [0, 0.1) is 0 Å². The standard InChI is InChI=1S/C28H27N/c1-2-3-4-5-6-7-18-29-23-16-14-19-10-8-12-21-22-13-9-11-20-15-17-24(29)28(26(20)22)27(23)25(19)21/h8-17H,2-7,18H2,1H3. The molecule has 6 aromatic rings. The van der Waals surface area contributed by atoms with Crippen LogP contribution in [0.5, 0.6) is 0 Å². The molecule has 1 heteroatoms. The lowest BCUT2D eigenvalue weighted by molar-refractivity contribution is 0.571. The van der Waals surface area contributed by atoms with E-state index in [1.165, 1.54) is 92.6 Å². The fourth-order valence-corrected chi connectivity index (χ4v) is 5.56. The minimum Gasteiger partial charge on any atom is -0.340 e. The van der Waals surface area contributed by atoms with Crippen molar-refractivity contribution in [3.63, 3.8) is 0 Å². The van der Waals surface area contributed by atoms with Gasteiger partial charge in [0.15, 0.2) is 0 Å². The van der Waals surface area contributed by atoms with Gasteiger partial charge in [-0.1, -0.05) is 87.6 Å². The normalized spacial score (nSPS) is 12.6. The van der Waals surface area contributed by atoms with Gasteiger partial charge in [-0.3, -0.25) is 0 Å². The summed E-state index contributed by atoms with van der Waals surface area (Å²) in [7, 11) is 0. The fraction of sp³-hybridized carbons (Fsp3) is 0.286. The van der Waals surface area contributed by atoms with Crippen LogP contribution >= 0.6 is 0 Å². The lowest BCUT2D eigenvalue weighted by atomic mass is 9.90. The van der Waals surface area contributed by atoms with Gasteiger partial charge in [-0.05, 0) is 50.9 Å². The number of benzene rings is 5. The smallest absolute Gasteiger partial charge is 0.0498 e. The first-order valence-electron chi connectivity index (χ1n) is 11.3. The van der Waals surface area contributed by atoms with E-state index in [0.717, 1.165) is 6.54 Å². The van der Waals surface area contributed by atoms with E-state index in [2.05, 4.69) is 72.2 Å². The molecule has 0 saturated heterocycles. The van der Waals surface area contributed by atoms with Crippen LogP contribution in [-0.4, -0.2) is 4.57 Å². The lowest BCUT2D eigenvalue weighted by Gasteiger charge is -2.12. The predicted octanol–water partition coefficient (Wildman–Crippen LogP) is 8.49. The van der Waals surface area contributed by atoms with E-state index in [9.17, 15) is 0 Å². The van der Waals surface area contributed by atoms with Gasteiger partial charge in [-0.25, -0.2) is 0 Å². The van der Waals surface area contributed by atoms with Crippen LogP contribution in [0.3, 0.4) is 0 Å². The molecule has 1 nitrogen and oxygen atoms in total. The Hall–Kier alpha value is -2.80. The van der Waals surface area contributed by atoms with Crippen LogP contribution in [0.4, 0.5) is 0 Å². The topological polar surface area (TPSA) is 4.93 Å². The second-order valence-corrected chi connectivity index (χ2v) is 8.65. The summed E-state index contributed by atoms with van der Waals surface area (Å²) in [5.74, 6) is 0. The third-order valence-electron chi connectivity index (χ3n) is 6.90. The van der Waals surface area contributed by atoms with Crippen LogP contribution < -0.4 is 0 Å². The Morgan fingerprint density at radius 2 is 1.10 bits per heavy atom. The molecule has 6 rings (SSSR count). The Kier molecular flexibility index (Phi) is 3.90. The summed E-state index contributed by atoms with van der Waals surface area (Å²) >= 11 is 0. The summed E-state index contributed by atoms with van der Waals surface area (Å²) in [6.07, 6.45) is 8.04. The number of hydrogen-bond acceptors (Lipinski definition) is 0. The molecule has 0 saturated carbocycles.